The smallest absolute Gasteiger partial charge is 0.229 e. The van der Waals surface area contributed by atoms with E-state index in [1.165, 1.54) is 6.42 Å². The van der Waals surface area contributed by atoms with Crippen molar-refractivity contribution in [3.8, 4) is 11.8 Å². The summed E-state index contributed by atoms with van der Waals surface area (Å²) < 4.78 is 10.2. The first-order valence-corrected chi connectivity index (χ1v) is 7.52. The van der Waals surface area contributed by atoms with E-state index in [-0.39, 0.29) is 0 Å². The zero-order valence-corrected chi connectivity index (χ0v) is 13.1. The molecule has 1 heterocycles. The molecule has 0 aromatic carbocycles. The molecule has 0 amide bonds. The van der Waals surface area contributed by atoms with Crippen LogP contribution in [0.2, 0.25) is 0 Å². The maximum absolute atomic E-state index is 10.6. The summed E-state index contributed by atoms with van der Waals surface area (Å²) in [7, 11) is 3.09. The van der Waals surface area contributed by atoms with Gasteiger partial charge in [0.25, 0.3) is 0 Å². The van der Waals surface area contributed by atoms with Crippen molar-refractivity contribution >= 4 is 5.95 Å². The van der Waals surface area contributed by atoms with E-state index in [1.54, 1.807) is 20.3 Å². The molecule has 118 valence electrons. The van der Waals surface area contributed by atoms with E-state index in [9.17, 15) is 5.11 Å². The standard InChI is InChI=1S/C15H25N3O3/c1-4-11-5-7-15(19,8-6-11)10-16-14-17-12(20-2)9-13(18-14)21-3/h9,11,19H,4-8,10H2,1-3H3,(H,16,17,18). The van der Waals surface area contributed by atoms with Gasteiger partial charge in [-0.05, 0) is 31.6 Å². The third-order valence-electron chi connectivity index (χ3n) is 4.29. The van der Waals surface area contributed by atoms with E-state index in [0.29, 0.717) is 24.3 Å². The molecule has 6 nitrogen and oxygen atoms in total. The normalized spacial score (nSPS) is 25.4. The lowest BCUT2D eigenvalue weighted by Gasteiger charge is -2.35. The van der Waals surface area contributed by atoms with E-state index in [2.05, 4.69) is 22.2 Å². The zero-order chi connectivity index (χ0) is 15.3. The second-order valence-electron chi connectivity index (χ2n) is 5.71. The first-order valence-electron chi connectivity index (χ1n) is 7.52. The van der Waals surface area contributed by atoms with Gasteiger partial charge in [-0.3, -0.25) is 0 Å². The van der Waals surface area contributed by atoms with Gasteiger partial charge in [-0.1, -0.05) is 13.3 Å². The molecule has 6 heteroatoms. The molecule has 0 saturated heterocycles. The van der Waals surface area contributed by atoms with Crippen molar-refractivity contribution in [1.82, 2.24) is 9.97 Å². The van der Waals surface area contributed by atoms with Crippen LogP contribution in [0.25, 0.3) is 0 Å². The fourth-order valence-corrected chi connectivity index (χ4v) is 2.74. The van der Waals surface area contributed by atoms with Crippen LogP contribution in [0.1, 0.15) is 39.0 Å². The molecular weight excluding hydrogens is 270 g/mol. The number of nitrogens with one attached hydrogen (secondary N) is 1. The van der Waals surface area contributed by atoms with Crippen molar-refractivity contribution in [2.45, 2.75) is 44.6 Å². The number of nitrogens with zero attached hydrogens (tertiary/aromatic N) is 2. The molecule has 1 aromatic heterocycles. The van der Waals surface area contributed by atoms with E-state index >= 15 is 0 Å². The van der Waals surface area contributed by atoms with Gasteiger partial charge in [-0.15, -0.1) is 0 Å². The number of aromatic nitrogens is 2. The van der Waals surface area contributed by atoms with Crippen LogP contribution in [0.3, 0.4) is 0 Å². The highest BCUT2D eigenvalue weighted by molar-refractivity contribution is 5.34. The lowest BCUT2D eigenvalue weighted by molar-refractivity contribution is 0.00214. The topological polar surface area (TPSA) is 76.5 Å². The summed E-state index contributed by atoms with van der Waals surface area (Å²) in [5.74, 6) is 2.03. The summed E-state index contributed by atoms with van der Waals surface area (Å²) in [4.78, 5) is 8.42. The zero-order valence-electron chi connectivity index (χ0n) is 13.1. The van der Waals surface area contributed by atoms with E-state index < -0.39 is 5.60 Å². The molecule has 0 bridgehead atoms. The van der Waals surface area contributed by atoms with Gasteiger partial charge in [0.05, 0.1) is 25.9 Å². The SMILES string of the molecule is CCC1CCC(O)(CNc2nc(OC)cc(OC)n2)CC1. The third-order valence-corrected chi connectivity index (χ3v) is 4.29. The second kappa shape index (κ2) is 6.93. The van der Waals surface area contributed by atoms with Gasteiger partial charge in [-0.25, -0.2) is 0 Å². The average molecular weight is 295 g/mol. The van der Waals surface area contributed by atoms with Crippen molar-refractivity contribution in [2.75, 3.05) is 26.1 Å². The first kappa shape index (κ1) is 15.8. The highest BCUT2D eigenvalue weighted by Gasteiger charge is 2.32. The number of hydrogen-bond acceptors (Lipinski definition) is 6. The van der Waals surface area contributed by atoms with Gasteiger partial charge in [0.15, 0.2) is 0 Å². The molecular formula is C15H25N3O3. The largest absolute Gasteiger partial charge is 0.481 e. The molecule has 1 saturated carbocycles. The molecule has 2 N–H and O–H groups in total. The lowest BCUT2D eigenvalue weighted by atomic mass is 9.78. The minimum Gasteiger partial charge on any atom is -0.481 e. The van der Waals surface area contributed by atoms with Gasteiger partial charge in [0.1, 0.15) is 0 Å². The number of aliphatic hydroxyl groups is 1. The van der Waals surface area contributed by atoms with Crippen LogP contribution in [-0.2, 0) is 0 Å². The summed E-state index contributed by atoms with van der Waals surface area (Å²) in [6.07, 6.45) is 4.99. The molecule has 0 aliphatic heterocycles. The first-order chi connectivity index (χ1) is 10.1. The highest BCUT2D eigenvalue weighted by Crippen LogP contribution is 2.33. The number of ether oxygens (including phenoxy) is 2. The Hall–Kier alpha value is -1.56. The van der Waals surface area contributed by atoms with Crippen LogP contribution in [0.5, 0.6) is 11.8 Å². The number of methoxy groups -OCH3 is 2. The maximum Gasteiger partial charge on any atom is 0.229 e. The Labute approximate surface area is 125 Å². The van der Waals surface area contributed by atoms with Crippen molar-refractivity contribution in [2.24, 2.45) is 5.92 Å². The van der Waals surface area contributed by atoms with Gasteiger partial charge in [0.2, 0.25) is 17.7 Å². The van der Waals surface area contributed by atoms with E-state index in [4.69, 9.17) is 9.47 Å². The van der Waals surface area contributed by atoms with E-state index in [1.807, 2.05) is 0 Å². The summed E-state index contributed by atoms with van der Waals surface area (Å²) in [6, 6.07) is 1.62. The predicted molar refractivity (Wildman–Crippen MR) is 80.8 cm³/mol. The minimum absolute atomic E-state index is 0.414. The third kappa shape index (κ3) is 4.20. The van der Waals surface area contributed by atoms with Crippen LogP contribution >= 0.6 is 0 Å². The molecule has 0 spiro atoms. The van der Waals surface area contributed by atoms with Crippen LogP contribution in [0.4, 0.5) is 5.95 Å². The van der Waals surface area contributed by atoms with Gasteiger partial charge < -0.3 is 19.9 Å². The molecule has 1 aromatic rings. The van der Waals surface area contributed by atoms with Crippen molar-refractivity contribution in [3.63, 3.8) is 0 Å². The van der Waals surface area contributed by atoms with Gasteiger partial charge in [0, 0.05) is 6.54 Å². The van der Waals surface area contributed by atoms with Crippen molar-refractivity contribution in [3.05, 3.63) is 6.07 Å². The fourth-order valence-electron chi connectivity index (χ4n) is 2.74. The number of rotatable bonds is 6. The van der Waals surface area contributed by atoms with Crippen LogP contribution in [0.15, 0.2) is 6.07 Å². The molecule has 0 radical (unpaired) electrons. The summed E-state index contributed by atoms with van der Waals surface area (Å²) in [5.41, 5.74) is -0.675. The Morgan fingerprint density at radius 1 is 1.24 bits per heavy atom. The van der Waals surface area contributed by atoms with Gasteiger partial charge >= 0.3 is 0 Å². The summed E-state index contributed by atoms with van der Waals surface area (Å²) >= 11 is 0. The summed E-state index contributed by atoms with van der Waals surface area (Å²) in [5, 5.41) is 13.7. The molecule has 21 heavy (non-hydrogen) atoms. The van der Waals surface area contributed by atoms with Crippen LogP contribution < -0.4 is 14.8 Å². The molecule has 0 unspecified atom stereocenters. The Balaban J connectivity index is 1.96. The minimum atomic E-state index is -0.675. The fraction of sp³-hybridized carbons (Fsp3) is 0.733. The van der Waals surface area contributed by atoms with Crippen LogP contribution in [0, 0.1) is 5.92 Å². The molecule has 1 aliphatic carbocycles. The Morgan fingerprint density at radius 2 is 1.81 bits per heavy atom. The van der Waals surface area contributed by atoms with Crippen molar-refractivity contribution in [1.29, 1.82) is 0 Å². The average Bonchev–Trinajstić information content (AvgIpc) is 2.53. The van der Waals surface area contributed by atoms with Crippen LogP contribution in [-0.4, -0.2) is 41.4 Å². The number of hydrogen-bond donors (Lipinski definition) is 2. The Kier molecular flexibility index (Phi) is 5.22. The quantitative estimate of drug-likeness (QED) is 0.838. The Bertz CT molecular complexity index is 437. The van der Waals surface area contributed by atoms with Crippen molar-refractivity contribution < 1.29 is 14.6 Å². The molecule has 1 aliphatic rings. The molecule has 2 rings (SSSR count). The maximum atomic E-state index is 10.6. The molecule has 1 fully saturated rings. The van der Waals surface area contributed by atoms with Gasteiger partial charge in [-0.2, -0.15) is 9.97 Å². The number of anilines is 1. The predicted octanol–water partition coefficient (Wildman–Crippen LogP) is 2.24. The summed E-state index contributed by atoms with van der Waals surface area (Å²) in [6.45, 7) is 2.66. The monoisotopic (exact) mass is 295 g/mol. The molecule has 0 atom stereocenters. The lowest BCUT2D eigenvalue weighted by Crippen LogP contribution is -2.40. The Morgan fingerprint density at radius 3 is 2.29 bits per heavy atom. The van der Waals surface area contributed by atoms with E-state index in [0.717, 1.165) is 31.6 Å². The second-order valence-corrected chi connectivity index (χ2v) is 5.71. The highest BCUT2D eigenvalue weighted by atomic mass is 16.5.